The second kappa shape index (κ2) is 8.53. The lowest BCUT2D eigenvalue weighted by Crippen LogP contribution is -2.30. The first kappa shape index (κ1) is 19.9. The summed E-state index contributed by atoms with van der Waals surface area (Å²) < 4.78 is 16.3. The van der Waals surface area contributed by atoms with Crippen LogP contribution in [-0.2, 0) is 19.5 Å². The van der Waals surface area contributed by atoms with Crippen LogP contribution >= 0.6 is 0 Å². The second-order valence-electron chi connectivity index (χ2n) is 7.44. The molecular weight excluding hydrogens is 380 g/mol. The van der Waals surface area contributed by atoms with Crippen molar-refractivity contribution in [2.24, 2.45) is 0 Å². The predicted molar refractivity (Wildman–Crippen MR) is 115 cm³/mol. The number of amides is 1. The maximum atomic E-state index is 12.8. The highest BCUT2D eigenvalue weighted by Gasteiger charge is 2.28. The molecule has 1 aromatic heterocycles. The zero-order valence-electron chi connectivity index (χ0n) is 17.5. The molecule has 6 heteroatoms. The molecule has 1 N–H and O–H groups in total. The van der Waals surface area contributed by atoms with Gasteiger partial charge in [-0.1, -0.05) is 24.3 Å². The average molecular weight is 406 g/mol. The molecule has 0 spiro atoms. The maximum Gasteiger partial charge on any atom is 0.255 e. The largest absolute Gasteiger partial charge is 0.493 e. The molecule has 2 heterocycles. The van der Waals surface area contributed by atoms with E-state index < -0.39 is 0 Å². The molecule has 1 aliphatic heterocycles. The van der Waals surface area contributed by atoms with Crippen molar-refractivity contribution in [2.75, 3.05) is 19.1 Å². The number of ether oxygens (including phenoxy) is 2. The van der Waals surface area contributed by atoms with E-state index in [0.29, 0.717) is 42.0 Å². The van der Waals surface area contributed by atoms with Gasteiger partial charge in [-0.2, -0.15) is 0 Å². The van der Waals surface area contributed by atoms with Gasteiger partial charge < -0.3 is 24.1 Å². The van der Waals surface area contributed by atoms with Gasteiger partial charge in [0.1, 0.15) is 5.76 Å². The number of fused-ring (bicyclic) bond motifs is 1. The van der Waals surface area contributed by atoms with E-state index in [1.165, 1.54) is 11.3 Å². The monoisotopic (exact) mass is 406 g/mol. The Bertz CT molecular complexity index is 1040. The normalized spacial score (nSPS) is 15.0. The van der Waals surface area contributed by atoms with E-state index in [9.17, 15) is 4.79 Å². The third-order valence-electron chi connectivity index (χ3n) is 5.55. The maximum absolute atomic E-state index is 12.8. The van der Waals surface area contributed by atoms with Crippen molar-refractivity contribution in [2.45, 2.75) is 32.5 Å². The number of carbonyl (C=O) groups is 1. The molecular formula is C24H26N2O4. The summed E-state index contributed by atoms with van der Waals surface area (Å²) >= 11 is 0. The number of hydrogen-bond acceptors (Lipinski definition) is 5. The molecule has 0 fully saturated rings. The van der Waals surface area contributed by atoms with Crippen molar-refractivity contribution in [3.63, 3.8) is 0 Å². The zero-order valence-corrected chi connectivity index (χ0v) is 17.5. The van der Waals surface area contributed by atoms with E-state index in [1.54, 1.807) is 26.5 Å². The summed E-state index contributed by atoms with van der Waals surface area (Å²) in [6, 6.07) is 16.1. The molecule has 0 radical (unpaired) electrons. The Balaban J connectivity index is 1.45. The highest BCUT2D eigenvalue weighted by Crippen LogP contribution is 2.33. The lowest BCUT2D eigenvalue weighted by molar-refractivity contribution is 0.0949. The van der Waals surface area contributed by atoms with E-state index in [4.69, 9.17) is 13.9 Å². The lowest BCUT2D eigenvalue weighted by atomic mass is 10.1. The summed E-state index contributed by atoms with van der Waals surface area (Å²) in [7, 11) is 3.19. The average Bonchev–Trinajstić information content (AvgIpc) is 3.36. The SMILES string of the molecule is COc1ccc(CNC(=O)c2ccoc2CN2c3ccccc3CC2C)cc1OC. The fourth-order valence-corrected chi connectivity index (χ4v) is 3.96. The van der Waals surface area contributed by atoms with Crippen molar-refractivity contribution < 1.29 is 18.7 Å². The highest BCUT2D eigenvalue weighted by molar-refractivity contribution is 5.95. The van der Waals surface area contributed by atoms with Gasteiger partial charge in [0.25, 0.3) is 5.91 Å². The molecule has 0 bridgehead atoms. The number of carbonyl (C=O) groups excluding carboxylic acids is 1. The molecule has 1 amide bonds. The number of furan rings is 1. The Labute approximate surface area is 176 Å². The smallest absolute Gasteiger partial charge is 0.255 e. The molecule has 0 aliphatic carbocycles. The van der Waals surface area contributed by atoms with Gasteiger partial charge in [-0.05, 0) is 48.7 Å². The molecule has 156 valence electrons. The van der Waals surface area contributed by atoms with Gasteiger partial charge in [-0.25, -0.2) is 0 Å². The van der Waals surface area contributed by atoms with Crippen molar-refractivity contribution in [3.8, 4) is 11.5 Å². The van der Waals surface area contributed by atoms with Gasteiger partial charge in [0, 0.05) is 18.3 Å². The quantitative estimate of drug-likeness (QED) is 0.638. The van der Waals surface area contributed by atoms with E-state index in [1.807, 2.05) is 24.3 Å². The Kier molecular flexibility index (Phi) is 5.65. The van der Waals surface area contributed by atoms with Crippen LogP contribution < -0.4 is 19.7 Å². The fourth-order valence-electron chi connectivity index (χ4n) is 3.96. The van der Waals surface area contributed by atoms with E-state index in [0.717, 1.165) is 12.0 Å². The summed E-state index contributed by atoms with van der Waals surface area (Å²) in [5.41, 5.74) is 4.02. The van der Waals surface area contributed by atoms with Crippen molar-refractivity contribution >= 4 is 11.6 Å². The van der Waals surface area contributed by atoms with Gasteiger partial charge >= 0.3 is 0 Å². The first-order valence-electron chi connectivity index (χ1n) is 10.0. The number of nitrogens with zero attached hydrogens (tertiary/aromatic N) is 1. The number of nitrogens with one attached hydrogen (secondary N) is 1. The predicted octanol–water partition coefficient (Wildman–Crippen LogP) is 4.18. The summed E-state index contributed by atoms with van der Waals surface area (Å²) in [5, 5.41) is 2.97. The van der Waals surface area contributed by atoms with Crippen LogP contribution in [0.1, 0.15) is 34.2 Å². The lowest BCUT2D eigenvalue weighted by Gasteiger charge is -2.24. The Hall–Kier alpha value is -3.41. The molecule has 0 saturated heterocycles. The minimum Gasteiger partial charge on any atom is -0.493 e. The number of methoxy groups -OCH3 is 2. The molecule has 1 unspecified atom stereocenters. The molecule has 6 nitrogen and oxygen atoms in total. The Morgan fingerprint density at radius 3 is 2.73 bits per heavy atom. The van der Waals surface area contributed by atoms with E-state index in [2.05, 4.69) is 35.3 Å². The van der Waals surface area contributed by atoms with Gasteiger partial charge in [0.2, 0.25) is 0 Å². The van der Waals surface area contributed by atoms with Gasteiger partial charge in [-0.3, -0.25) is 4.79 Å². The minimum absolute atomic E-state index is 0.159. The summed E-state index contributed by atoms with van der Waals surface area (Å²) in [6.07, 6.45) is 2.57. The Morgan fingerprint density at radius 1 is 1.13 bits per heavy atom. The molecule has 0 saturated carbocycles. The third-order valence-corrected chi connectivity index (χ3v) is 5.55. The van der Waals surface area contributed by atoms with Crippen LogP contribution in [0.15, 0.2) is 59.2 Å². The van der Waals surface area contributed by atoms with E-state index >= 15 is 0 Å². The molecule has 4 rings (SSSR count). The number of hydrogen-bond donors (Lipinski definition) is 1. The van der Waals surface area contributed by atoms with Crippen LogP contribution in [0.25, 0.3) is 0 Å². The van der Waals surface area contributed by atoms with E-state index in [-0.39, 0.29) is 5.91 Å². The molecule has 30 heavy (non-hydrogen) atoms. The van der Waals surface area contributed by atoms with Crippen LogP contribution in [0.3, 0.4) is 0 Å². The molecule has 1 atom stereocenters. The first-order chi connectivity index (χ1) is 14.6. The fraction of sp³-hybridized carbons (Fsp3) is 0.292. The number of rotatable bonds is 7. The topological polar surface area (TPSA) is 63.9 Å². The Morgan fingerprint density at radius 2 is 1.93 bits per heavy atom. The highest BCUT2D eigenvalue weighted by atomic mass is 16.5. The van der Waals surface area contributed by atoms with Gasteiger partial charge in [0.05, 0.1) is 32.6 Å². The molecule has 3 aromatic rings. The summed E-state index contributed by atoms with van der Waals surface area (Å²) in [5.74, 6) is 1.80. The van der Waals surface area contributed by atoms with Crippen LogP contribution in [0.2, 0.25) is 0 Å². The zero-order chi connectivity index (χ0) is 21.1. The second-order valence-corrected chi connectivity index (χ2v) is 7.44. The van der Waals surface area contributed by atoms with Crippen LogP contribution in [0, 0.1) is 0 Å². The molecule has 1 aliphatic rings. The number of anilines is 1. The summed E-state index contributed by atoms with van der Waals surface area (Å²) in [6.45, 7) is 3.14. The summed E-state index contributed by atoms with van der Waals surface area (Å²) in [4.78, 5) is 15.1. The van der Waals surface area contributed by atoms with Crippen molar-refractivity contribution in [1.82, 2.24) is 5.32 Å². The molecule has 2 aromatic carbocycles. The van der Waals surface area contributed by atoms with Gasteiger partial charge in [-0.15, -0.1) is 0 Å². The van der Waals surface area contributed by atoms with Crippen LogP contribution in [0.4, 0.5) is 5.69 Å². The van der Waals surface area contributed by atoms with Crippen LogP contribution in [-0.4, -0.2) is 26.2 Å². The van der Waals surface area contributed by atoms with Crippen molar-refractivity contribution in [1.29, 1.82) is 0 Å². The van der Waals surface area contributed by atoms with Crippen molar-refractivity contribution in [3.05, 3.63) is 77.2 Å². The minimum atomic E-state index is -0.159. The third kappa shape index (κ3) is 3.85. The van der Waals surface area contributed by atoms with Gasteiger partial charge in [0.15, 0.2) is 11.5 Å². The van der Waals surface area contributed by atoms with Crippen LogP contribution in [0.5, 0.6) is 11.5 Å². The first-order valence-corrected chi connectivity index (χ1v) is 10.0. The number of para-hydroxylation sites is 1. The standard InChI is InChI=1S/C24H26N2O4/c1-16-12-18-6-4-5-7-20(18)26(16)15-23-19(10-11-30-23)24(27)25-14-17-8-9-21(28-2)22(13-17)29-3/h4-11,13,16H,12,14-15H2,1-3H3,(H,25,27). The number of benzene rings is 2.